The van der Waals surface area contributed by atoms with Gasteiger partial charge in [0.25, 0.3) is 0 Å². The molecule has 8 heteroatoms. The van der Waals surface area contributed by atoms with E-state index in [2.05, 4.69) is 10.3 Å². The molecule has 1 aromatic rings. The highest BCUT2D eigenvalue weighted by molar-refractivity contribution is 7.91. The molecule has 2 rings (SSSR count). The van der Waals surface area contributed by atoms with Crippen LogP contribution in [0.3, 0.4) is 0 Å². The van der Waals surface area contributed by atoms with Gasteiger partial charge in [-0.05, 0) is 33.3 Å². The van der Waals surface area contributed by atoms with Crippen molar-refractivity contribution in [2.45, 2.75) is 39.3 Å². The van der Waals surface area contributed by atoms with Crippen LogP contribution in [0.15, 0.2) is 18.3 Å². The summed E-state index contributed by atoms with van der Waals surface area (Å²) in [6.45, 7) is 5.97. The van der Waals surface area contributed by atoms with E-state index >= 15 is 0 Å². The molecule has 1 aliphatic rings. The van der Waals surface area contributed by atoms with Crippen molar-refractivity contribution in [2.24, 2.45) is 0 Å². The summed E-state index contributed by atoms with van der Waals surface area (Å²) in [5.41, 5.74) is 0.569. The number of amides is 2. The molecule has 1 atom stereocenters. The van der Waals surface area contributed by atoms with E-state index in [1.807, 2.05) is 13.8 Å². The zero-order valence-corrected chi connectivity index (χ0v) is 14.5. The van der Waals surface area contributed by atoms with Crippen LogP contribution in [-0.4, -0.2) is 54.5 Å². The molecule has 0 bridgehead atoms. The van der Waals surface area contributed by atoms with E-state index < -0.39 is 9.84 Å². The number of anilines is 1. The van der Waals surface area contributed by atoms with E-state index in [1.54, 1.807) is 30.2 Å². The highest BCUT2D eigenvalue weighted by atomic mass is 32.2. The predicted molar refractivity (Wildman–Crippen MR) is 88.5 cm³/mol. The third kappa shape index (κ3) is 5.09. The fraction of sp³-hybridized carbons (Fsp3) is 0.600. The molecule has 0 saturated carbocycles. The number of aromatic nitrogens is 1. The Labute approximate surface area is 137 Å². The van der Waals surface area contributed by atoms with Gasteiger partial charge in [0.05, 0.1) is 17.6 Å². The van der Waals surface area contributed by atoms with E-state index in [0.29, 0.717) is 24.5 Å². The first kappa shape index (κ1) is 17.5. The fourth-order valence-corrected chi connectivity index (χ4v) is 4.16. The van der Waals surface area contributed by atoms with E-state index in [4.69, 9.17) is 4.74 Å². The quantitative estimate of drug-likeness (QED) is 0.907. The third-order valence-electron chi connectivity index (χ3n) is 3.48. The molecular formula is C15H23N3O4S. The van der Waals surface area contributed by atoms with Gasteiger partial charge in [-0.15, -0.1) is 0 Å². The fourth-order valence-electron chi connectivity index (χ4n) is 2.51. The van der Waals surface area contributed by atoms with Gasteiger partial charge in [0.2, 0.25) is 5.88 Å². The Morgan fingerprint density at radius 2 is 2.22 bits per heavy atom. The number of carbonyl (C=O) groups is 1. The van der Waals surface area contributed by atoms with Crippen LogP contribution in [0.2, 0.25) is 0 Å². The van der Waals surface area contributed by atoms with Crippen molar-refractivity contribution in [1.82, 2.24) is 9.88 Å². The topological polar surface area (TPSA) is 88.6 Å². The summed E-state index contributed by atoms with van der Waals surface area (Å²) in [7, 11) is -3.08. The molecule has 1 N–H and O–H groups in total. The number of rotatable bonds is 3. The molecule has 0 radical (unpaired) electrons. The third-order valence-corrected chi connectivity index (χ3v) is 5.39. The van der Waals surface area contributed by atoms with Gasteiger partial charge in [0.1, 0.15) is 0 Å². The summed E-state index contributed by atoms with van der Waals surface area (Å²) in [6.07, 6.45) is 2.01. The minimum Gasteiger partial charge on any atom is -0.475 e. The Hall–Kier alpha value is -1.83. The number of carbonyl (C=O) groups excluding carboxylic acids is 1. The van der Waals surface area contributed by atoms with Crippen LogP contribution in [0, 0.1) is 0 Å². The molecule has 1 unspecified atom stereocenters. The van der Waals surface area contributed by atoms with Gasteiger partial charge in [0, 0.05) is 30.5 Å². The number of pyridine rings is 1. The molecular weight excluding hydrogens is 318 g/mol. The first-order chi connectivity index (χ1) is 10.8. The van der Waals surface area contributed by atoms with E-state index in [-0.39, 0.29) is 29.7 Å². The normalized spacial score (nSPS) is 20.9. The smallest absolute Gasteiger partial charge is 0.322 e. The van der Waals surface area contributed by atoms with Crippen molar-refractivity contribution in [3.05, 3.63) is 18.3 Å². The standard InChI is InChI=1S/C15H23N3O4S/c1-11(2)22-14-9-13(5-6-16-14)17-15(19)18-7-4-8-23(20,21)10-12(18)3/h5-6,9,11-12H,4,7-8,10H2,1-3H3,(H,16,17,19). The zero-order valence-electron chi connectivity index (χ0n) is 13.7. The maximum absolute atomic E-state index is 12.4. The van der Waals surface area contributed by atoms with Crippen LogP contribution in [-0.2, 0) is 9.84 Å². The molecule has 2 amide bonds. The second-order valence-corrected chi connectivity index (χ2v) is 8.22. The molecule has 0 spiro atoms. The average Bonchev–Trinajstić information content (AvgIpc) is 2.55. The van der Waals surface area contributed by atoms with Crippen molar-refractivity contribution < 1.29 is 17.9 Å². The summed E-state index contributed by atoms with van der Waals surface area (Å²) in [5.74, 6) is 0.561. The number of nitrogens with zero attached hydrogens (tertiary/aromatic N) is 2. The van der Waals surface area contributed by atoms with Crippen LogP contribution < -0.4 is 10.1 Å². The summed E-state index contributed by atoms with van der Waals surface area (Å²) >= 11 is 0. The molecule has 128 valence electrons. The van der Waals surface area contributed by atoms with Gasteiger partial charge in [-0.1, -0.05) is 0 Å². The first-order valence-corrected chi connectivity index (χ1v) is 9.50. The second kappa shape index (κ2) is 7.16. The Morgan fingerprint density at radius 3 is 2.91 bits per heavy atom. The summed E-state index contributed by atoms with van der Waals surface area (Å²) in [6, 6.07) is 2.66. The molecule has 1 aliphatic heterocycles. The lowest BCUT2D eigenvalue weighted by molar-refractivity contribution is 0.199. The molecule has 2 heterocycles. The van der Waals surface area contributed by atoms with Crippen LogP contribution in [0.4, 0.5) is 10.5 Å². The predicted octanol–water partition coefficient (Wildman–Crippen LogP) is 1.91. The Morgan fingerprint density at radius 1 is 1.48 bits per heavy atom. The SMILES string of the molecule is CC(C)Oc1cc(NC(=O)N2CCCS(=O)(=O)CC2C)ccn1. The largest absolute Gasteiger partial charge is 0.475 e. The molecule has 1 saturated heterocycles. The Kier molecular flexibility index (Phi) is 5.46. The van der Waals surface area contributed by atoms with Gasteiger partial charge in [-0.3, -0.25) is 0 Å². The number of hydrogen-bond acceptors (Lipinski definition) is 5. The Bertz CT molecular complexity index is 660. The molecule has 1 aromatic heterocycles. The highest BCUT2D eigenvalue weighted by Crippen LogP contribution is 2.18. The lowest BCUT2D eigenvalue weighted by Gasteiger charge is -2.26. The van der Waals surface area contributed by atoms with Gasteiger partial charge in [-0.2, -0.15) is 0 Å². The number of urea groups is 1. The highest BCUT2D eigenvalue weighted by Gasteiger charge is 2.28. The van der Waals surface area contributed by atoms with Crippen molar-refractivity contribution >= 4 is 21.6 Å². The monoisotopic (exact) mass is 341 g/mol. The van der Waals surface area contributed by atoms with Crippen LogP contribution >= 0.6 is 0 Å². The molecule has 0 aliphatic carbocycles. The van der Waals surface area contributed by atoms with Crippen LogP contribution in [0.25, 0.3) is 0 Å². The molecule has 0 aromatic carbocycles. The van der Waals surface area contributed by atoms with Gasteiger partial charge < -0.3 is 15.0 Å². The maximum Gasteiger partial charge on any atom is 0.322 e. The summed E-state index contributed by atoms with van der Waals surface area (Å²) in [5, 5.41) is 2.78. The van der Waals surface area contributed by atoms with E-state index in [1.165, 1.54) is 0 Å². The van der Waals surface area contributed by atoms with Gasteiger partial charge in [0.15, 0.2) is 9.84 Å². The summed E-state index contributed by atoms with van der Waals surface area (Å²) < 4.78 is 29.0. The van der Waals surface area contributed by atoms with Crippen molar-refractivity contribution in [2.75, 3.05) is 23.4 Å². The minimum absolute atomic E-state index is 0.00151. The van der Waals surface area contributed by atoms with Crippen molar-refractivity contribution in [3.63, 3.8) is 0 Å². The second-order valence-electron chi connectivity index (χ2n) is 5.99. The summed E-state index contributed by atoms with van der Waals surface area (Å²) in [4.78, 5) is 18.1. The average molecular weight is 341 g/mol. The van der Waals surface area contributed by atoms with Crippen molar-refractivity contribution in [1.29, 1.82) is 0 Å². The number of nitrogens with one attached hydrogen (secondary N) is 1. The lowest BCUT2D eigenvalue weighted by atomic mass is 10.3. The lowest BCUT2D eigenvalue weighted by Crippen LogP contribution is -2.43. The number of sulfone groups is 1. The van der Waals surface area contributed by atoms with Gasteiger partial charge >= 0.3 is 6.03 Å². The Balaban J connectivity index is 2.06. The van der Waals surface area contributed by atoms with Gasteiger partial charge in [-0.25, -0.2) is 18.2 Å². The van der Waals surface area contributed by atoms with Crippen LogP contribution in [0.5, 0.6) is 5.88 Å². The van der Waals surface area contributed by atoms with E-state index in [9.17, 15) is 13.2 Å². The van der Waals surface area contributed by atoms with E-state index in [0.717, 1.165) is 0 Å². The van der Waals surface area contributed by atoms with Crippen molar-refractivity contribution in [3.8, 4) is 5.88 Å². The maximum atomic E-state index is 12.4. The molecule has 1 fully saturated rings. The first-order valence-electron chi connectivity index (χ1n) is 7.67. The number of ether oxygens (including phenoxy) is 1. The molecule has 7 nitrogen and oxygen atoms in total. The minimum atomic E-state index is -3.08. The molecule has 23 heavy (non-hydrogen) atoms. The van der Waals surface area contributed by atoms with Crippen LogP contribution in [0.1, 0.15) is 27.2 Å². The number of hydrogen-bond donors (Lipinski definition) is 1. The zero-order chi connectivity index (χ0) is 17.0.